The van der Waals surface area contributed by atoms with Crippen molar-refractivity contribution in [2.75, 3.05) is 18.6 Å². The van der Waals surface area contributed by atoms with Gasteiger partial charge in [-0.05, 0) is 23.8 Å². The zero-order valence-corrected chi connectivity index (χ0v) is 16.3. The molecule has 3 aromatic rings. The average molecular weight is 421 g/mol. The molecule has 1 aliphatic rings. The van der Waals surface area contributed by atoms with Gasteiger partial charge in [0.25, 0.3) is 11.8 Å². The summed E-state index contributed by atoms with van der Waals surface area (Å²) in [7, 11) is 1.51. The summed E-state index contributed by atoms with van der Waals surface area (Å²) in [4.78, 5) is 34.6. The monoisotopic (exact) mass is 421 g/mol. The quantitative estimate of drug-likeness (QED) is 0.663. The number of hydrogen-bond acceptors (Lipinski definition) is 7. The molecule has 4 rings (SSSR count). The highest BCUT2D eigenvalue weighted by Gasteiger charge is 2.32. The number of carbonyl (C=O) groups excluding carboxylic acids is 2. The number of hydrogen-bond donors (Lipinski definition) is 1. The molecule has 2 amide bonds. The summed E-state index contributed by atoms with van der Waals surface area (Å²) in [5.74, 6) is -1.42. The summed E-state index contributed by atoms with van der Waals surface area (Å²) in [6.07, 6.45) is 5.51. The van der Waals surface area contributed by atoms with E-state index in [0.717, 1.165) is 6.20 Å². The maximum Gasteiger partial charge on any atom is 0.275 e. The van der Waals surface area contributed by atoms with E-state index < -0.39 is 29.4 Å². The van der Waals surface area contributed by atoms with Crippen LogP contribution in [0.1, 0.15) is 21.6 Å². The van der Waals surface area contributed by atoms with Crippen LogP contribution in [0.25, 0.3) is 0 Å². The topological polar surface area (TPSA) is 126 Å². The summed E-state index contributed by atoms with van der Waals surface area (Å²) in [5, 5.41) is 15.4. The van der Waals surface area contributed by atoms with Crippen LogP contribution in [0.3, 0.4) is 0 Å². The molecule has 0 saturated carbocycles. The van der Waals surface area contributed by atoms with Gasteiger partial charge < -0.3 is 10.1 Å². The Kier molecular flexibility index (Phi) is 5.28. The maximum absolute atomic E-state index is 14.4. The van der Waals surface area contributed by atoms with Crippen molar-refractivity contribution in [3.05, 3.63) is 65.6 Å². The van der Waals surface area contributed by atoms with Gasteiger partial charge in [0, 0.05) is 25.6 Å². The fourth-order valence-electron chi connectivity index (χ4n) is 3.11. The molecule has 156 valence electrons. The van der Waals surface area contributed by atoms with Crippen LogP contribution in [-0.4, -0.2) is 51.3 Å². The number of carbonyl (C=O) groups is 2. The SMILES string of the molecule is CN1C(=O)[C@@H](NC(=O)c2nn(Cc3cncc(C#N)c3)cc2F)COc2cccnc21. The number of nitrogens with zero attached hydrogens (tertiary/aromatic N) is 6. The lowest BCUT2D eigenvalue weighted by Gasteiger charge is -2.19. The Balaban J connectivity index is 1.49. The molecule has 0 unspecified atom stereocenters. The molecule has 3 aromatic heterocycles. The first kappa shape index (κ1) is 20.0. The van der Waals surface area contributed by atoms with Crippen LogP contribution < -0.4 is 15.0 Å². The number of aromatic nitrogens is 4. The number of anilines is 1. The van der Waals surface area contributed by atoms with E-state index in [1.54, 1.807) is 18.2 Å². The van der Waals surface area contributed by atoms with E-state index in [2.05, 4.69) is 20.4 Å². The number of ether oxygens (including phenoxy) is 1. The maximum atomic E-state index is 14.4. The Morgan fingerprint density at radius 2 is 2.29 bits per heavy atom. The summed E-state index contributed by atoms with van der Waals surface area (Å²) >= 11 is 0. The van der Waals surface area contributed by atoms with Gasteiger partial charge in [-0.15, -0.1) is 0 Å². The molecule has 1 atom stereocenters. The van der Waals surface area contributed by atoms with Gasteiger partial charge in [-0.1, -0.05) is 0 Å². The average Bonchev–Trinajstić information content (AvgIpc) is 3.10. The van der Waals surface area contributed by atoms with E-state index in [1.165, 1.54) is 35.2 Å². The highest BCUT2D eigenvalue weighted by Crippen LogP contribution is 2.27. The number of pyridine rings is 2. The molecule has 0 saturated heterocycles. The second kappa shape index (κ2) is 8.19. The predicted octanol–water partition coefficient (Wildman–Crippen LogP) is 0.886. The van der Waals surface area contributed by atoms with E-state index in [0.29, 0.717) is 22.7 Å². The number of rotatable bonds is 4. The molecule has 1 aliphatic heterocycles. The van der Waals surface area contributed by atoms with Crippen LogP contribution in [0, 0.1) is 17.1 Å². The molecule has 0 aromatic carbocycles. The van der Waals surface area contributed by atoms with Crippen LogP contribution in [0.5, 0.6) is 5.75 Å². The number of halogens is 1. The van der Waals surface area contributed by atoms with Crippen molar-refractivity contribution in [3.8, 4) is 11.8 Å². The lowest BCUT2D eigenvalue weighted by Crippen LogP contribution is -2.49. The van der Waals surface area contributed by atoms with Gasteiger partial charge in [-0.25, -0.2) is 9.37 Å². The summed E-state index contributed by atoms with van der Waals surface area (Å²) in [5.41, 5.74) is 0.516. The lowest BCUT2D eigenvalue weighted by molar-refractivity contribution is -0.120. The van der Waals surface area contributed by atoms with Crippen molar-refractivity contribution < 1.29 is 18.7 Å². The van der Waals surface area contributed by atoms with Crippen LogP contribution in [-0.2, 0) is 11.3 Å². The van der Waals surface area contributed by atoms with Crippen molar-refractivity contribution in [3.63, 3.8) is 0 Å². The summed E-state index contributed by atoms with van der Waals surface area (Å²) in [6.45, 7) is -0.0234. The highest BCUT2D eigenvalue weighted by atomic mass is 19.1. The number of likely N-dealkylation sites (N-methyl/N-ethyl adjacent to an activating group) is 1. The number of fused-ring (bicyclic) bond motifs is 1. The normalized spacial score (nSPS) is 15.5. The molecular formula is C20H16FN7O3. The standard InChI is InChI=1S/C20H16FN7O3/c1-27-18-16(3-2-4-24-18)31-11-15(20(27)30)25-19(29)17-14(21)10-28(26-17)9-13-5-12(6-22)7-23-8-13/h2-5,7-8,10,15H,9,11H2,1H3,(H,25,29)/t15-/m0/s1. The molecule has 0 radical (unpaired) electrons. The molecule has 0 aliphatic carbocycles. The van der Waals surface area contributed by atoms with Crippen LogP contribution in [0.4, 0.5) is 10.2 Å². The minimum atomic E-state index is -1.05. The summed E-state index contributed by atoms with van der Waals surface area (Å²) in [6, 6.07) is 5.84. The third-order valence-corrected chi connectivity index (χ3v) is 4.61. The molecular weight excluding hydrogens is 405 g/mol. The molecule has 11 heteroatoms. The minimum absolute atomic E-state index is 0.113. The van der Waals surface area contributed by atoms with Crippen molar-refractivity contribution in [1.29, 1.82) is 5.26 Å². The van der Waals surface area contributed by atoms with E-state index >= 15 is 0 Å². The molecule has 0 bridgehead atoms. The van der Waals surface area contributed by atoms with E-state index in [9.17, 15) is 14.0 Å². The van der Waals surface area contributed by atoms with Gasteiger partial charge in [0.15, 0.2) is 23.1 Å². The second-order valence-electron chi connectivity index (χ2n) is 6.78. The Morgan fingerprint density at radius 3 is 3.10 bits per heavy atom. The molecule has 0 fully saturated rings. The highest BCUT2D eigenvalue weighted by molar-refractivity contribution is 6.02. The Morgan fingerprint density at radius 1 is 1.45 bits per heavy atom. The van der Waals surface area contributed by atoms with Crippen molar-refractivity contribution in [2.45, 2.75) is 12.6 Å². The first-order valence-corrected chi connectivity index (χ1v) is 9.19. The molecule has 10 nitrogen and oxygen atoms in total. The first-order chi connectivity index (χ1) is 15.0. The van der Waals surface area contributed by atoms with Gasteiger partial charge >= 0.3 is 0 Å². The van der Waals surface area contributed by atoms with Gasteiger partial charge in [0.05, 0.1) is 18.3 Å². The lowest BCUT2D eigenvalue weighted by atomic mass is 10.2. The Labute approximate surface area is 175 Å². The Bertz CT molecular complexity index is 1200. The largest absolute Gasteiger partial charge is 0.487 e. The van der Waals surface area contributed by atoms with Crippen molar-refractivity contribution in [1.82, 2.24) is 25.1 Å². The van der Waals surface area contributed by atoms with Crippen LogP contribution in [0.15, 0.2) is 43.0 Å². The smallest absolute Gasteiger partial charge is 0.275 e. The van der Waals surface area contributed by atoms with Gasteiger partial charge in [-0.2, -0.15) is 10.4 Å². The van der Waals surface area contributed by atoms with E-state index in [1.807, 2.05) is 6.07 Å². The zero-order chi connectivity index (χ0) is 22.0. The minimum Gasteiger partial charge on any atom is -0.487 e. The predicted molar refractivity (Wildman–Crippen MR) is 105 cm³/mol. The third kappa shape index (κ3) is 4.04. The number of nitriles is 1. The second-order valence-corrected chi connectivity index (χ2v) is 6.78. The van der Waals surface area contributed by atoms with Gasteiger partial charge in [-0.3, -0.25) is 24.2 Å². The van der Waals surface area contributed by atoms with Crippen molar-refractivity contribution in [2.24, 2.45) is 0 Å². The molecule has 0 spiro atoms. The van der Waals surface area contributed by atoms with Crippen LogP contribution in [0.2, 0.25) is 0 Å². The zero-order valence-electron chi connectivity index (χ0n) is 16.3. The number of amides is 2. The molecule has 1 N–H and O–H groups in total. The number of nitrogens with one attached hydrogen (secondary N) is 1. The van der Waals surface area contributed by atoms with Crippen molar-refractivity contribution >= 4 is 17.6 Å². The Hall–Kier alpha value is -4.33. The van der Waals surface area contributed by atoms with Crippen LogP contribution >= 0.6 is 0 Å². The van der Waals surface area contributed by atoms with Gasteiger partial charge in [0.1, 0.15) is 18.7 Å². The van der Waals surface area contributed by atoms with E-state index in [4.69, 9.17) is 10.00 Å². The fourth-order valence-corrected chi connectivity index (χ4v) is 3.11. The first-order valence-electron chi connectivity index (χ1n) is 9.19. The fraction of sp³-hybridized carbons (Fsp3) is 0.200. The van der Waals surface area contributed by atoms with Gasteiger partial charge in [0.2, 0.25) is 0 Å². The summed E-state index contributed by atoms with van der Waals surface area (Å²) < 4.78 is 21.2. The third-order valence-electron chi connectivity index (χ3n) is 4.61. The van der Waals surface area contributed by atoms with E-state index in [-0.39, 0.29) is 13.2 Å². The molecule has 4 heterocycles. The molecule has 31 heavy (non-hydrogen) atoms.